The summed E-state index contributed by atoms with van der Waals surface area (Å²) < 4.78 is 15.1. The van der Waals surface area contributed by atoms with Gasteiger partial charge in [-0.15, -0.1) is 0 Å². The summed E-state index contributed by atoms with van der Waals surface area (Å²) in [6.45, 7) is 2.45. The number of fused-ring (bicyclic) bond motifs is 1. The Labute approximate surface area is 80.8 Å². The fourth-order valence-electron chi connectivity index (χ4n) is 1.63. The van der Waals surface area contributed by atoms with Gasteiger partial charge in [0.1, 0.15) is 17.9 Å². The number of imidazole rings is 1. The van der Waals surface area contributed by atoms with Crippen molar-refractivity contribution in [3.8, 4) is 0 Å². The zero-order chi connectivity index (χ0) is 10.1. The molecule has 0 saturated carbocycles. The van der Waals surface area contributed by atoms with Gasteiger partial charge < -0.3 is 9.67 Å². The van der Waals surface area contributed by atoms with Crippen LogP contribution in [0.1, 0.15) is 12.7 Å². The van der Waals surface area contributed by atoms with Gasteiger partial charge in [0.15, 0.2) is 5.82 Å². The molecular weight excluding hydrogens is 183 g/mol. The minimum atomic E-state index is -0.343. The van der Waals surface area contributed by atoms with E-state index >= 15 is 0 Å². The molecule has 74 valence electrons. The van der Waals surface area contributed by atoms with Crippen LogP contribution in [0.4, 0.5) is 4.39 Å². The van der Waals surface area contributed by atoms with E-state index in [1.54, 1.807) is 16.7 Å². The molecule has 0 amide bonds. The molecule has 0 aliphatic carbocycles. The van der Waals surface area contributed by atoms with Crippen molar-refractivity contribution in [2.24, 2.45) is 0 Å². The molecule has 0 saturated heterocycles. The third kappa shape index (κ3) is 1.19. The number of aliphatic hydroxyl groups is 1. The maximum Gasteiger partial charge on any atom is 0.151 e. The topological polar surface area (TPSA) is 38.0 Å². The van der Waals surface area contributed by atoms with Gasteiger partial charge >= 0.3 is 0 Å². The van der Waals surface area contributed by atoms with Gasteiger partial charge in [-0.05, 0) is 19.1 Å². The molecule has 1 aromatic carbocycles. The predicted molar refractivity (Wildman–Crippen MR) is 51.3 cm³/mol. The number of para-hydroxylation sites is 1. The number of aliphatic hydroxyl groups excluding tert-OH is 1. The number of rotatable bonds is 2. The van der Waals surface area contributed by atoms with Crippen LogP contribution >= 0.6 is 0 Å². The minimum absolute atomic E-state index is 0.165. The van der Waals surface area contributed by atoms with E-state index in [4.69, 9.17) is 5.11 Å². The highest BCUT2D eigenvalue weighted by Gasteiger charge is 2.10. The van der Waals surface area contributed by atoms with E-state index in [0.717, 1.165) is 5.52 Å². The molecule has 2 rings (SSSR count). The van der Waals surface area contributed by atoms with Gasteiger partial charge in [-0.2, -0.15) is 0 Å². The zero-order valence-corrected chi connectivity index (χ0v) is 7.87. The van der Waals surface area contributed by atoms with Crippen LogP contribution in [0, 0.1) is 5.82 Å². The second-order valence-electron chi connectivity index (χ2n) is 3.04. The number of benzene rings is 1. The van der Waals surface area contributed by atoms with E-state index in [2.05, 4.69) is 4.98 Å². The van der Waals surface area contributed by atoms with Crippen LogP contribution in [0.5, 0.6) is 0 Å². The summed E-state index contributed by atoms with van der Waals surface area (Å²) in [6, 6.07) is 4.82. The molecule has 0 atom stereocenters. The number of halogens is 1. The molecule has 3 nitrogen and oxygen atoms in total. The van der Waals surface area contributed by atoms with Crippen LogP contribution in [0.2, 0.25) is 0 Å². The Bertz CT molecular complexity index is 464. The number of hydrogen-bond donors (Lipinski definition) is 1. The molecule has 14 heavy (non-hydrogen) atoms. The number of nitrogens with zero attached hydrogens (tertiary/aromatic N) is 2. The van der Waals surface area contributed by atoms with Gasteiger partial charge in [-0.3, -0.25) is 0 Å². The van der Waals surface area contributed by atoms with E-state index in [1.165, 1.54) is 6.07 Å². The first kappa shape index (κ1) is 9.15. The fourth-order valence-corrected chi connectivity index (χ4v) is 1.63. The lowest BCUT2D eigenvalue weighted by molar-refractivity contribution is 0.266. The van der Waals surface area contributed by atoms with Gasteiger partial charge in [0.2, 0.25) is 0 Å². The van der Waals surface area contributed by atoms with Gasteiger partial charge in [0.25, 0.3) is 0 Å². The van der Waals surface area contributed by atoms with Gasteiger partial charge in [0.05, 0.1) is 5.52 Å². The fraction of sp³-hybridized carbons (Fsp3) is 0.300. The first-order chi connectivity index (χ1) is 6.77. The molecule has 0 aliphatic rings. The Morgan fingerprint density at radius 1 is 1.50 bits per heavy atom. The van der Waals surface area contributed by atoms with Crippen LogP contribution in [-0.4, -0.2) is 14.7 Å². The molecule has 1 aromatic heterocycles. The molecule has 0 bridgehead atoms. The number of aromatic nitrogens is 2. The Kier molecular flexibility index (Phi) is 2.21. The summed E-state index contributed by atoms with van der Waals surface area (Å²) in [6.07, 6.45) is 0. The standard InChI is InChI=1S/C10H11FN2O/c1-2-13-8-5-3-4-7(11)10(8)12-9(13)6-14/h3-5,14H,2,6H2,1H3. The number of hydrogen-bond acceptors (Lipinski definition) is 2. The van der Waals surface area contributed by atoms with Crippen molar-refractivity contribution < 1.29 is 9.50 Å². The first-order valence-corrected chi connectivity index (χ1v) is 4.52. The molecule has 0 aliphatic heterocycles. The van der Waals surface area contributed by atoms with Crippen LogP contribution in [0.3, 0.4) is 0 Å². The van der Waals surface area contributed by atoms with Crippen molar-refractivity contribution in [3.05, 3.63) is 29.8 Å². The molecule has 1 N–H and O–H groups in total. The van der Waals surface area contributed by atoms with E-state index < -0.39 is 0 Å². The summed E-state index contributed by atoms with van der Waals surface area (Å²) in [5, 5.41) is 9.04. The lowest BCUT2D eigenvalue weighted by Crippen LogP contribution is -2.00. The highest BCUT2D eigenvalue weighted by Crippen LogP contribution is 2.18. The first-order valence-electron chi connectivity index (χ1n) is 4.52. The molecule has 0 unspecified atom stereocenters. The average molecular weight is 194 g/mol. The van der Waals surface area contributed by atoms with E-state index in [-0.39, 0.29) is 12.4 Å². The van der Waals surface area contributed by atoms with Crippen molar-refractivity contribution in [1.29, 1.82) is 0 Å². The van der Waals surface area contributed by atoms with Gasteiger partial charge in [0, 0.05) is 6.54 Å². The molecule has 4 heteroatoms. The Morgan fingerprint density at radius 3 is 2.93 bits per heavy atom. The Hall–Kier alpha value is -1.42. The summed E-state index contributed by atoms with van der Waals surface area (Å²) in [5.41, 5.74) is 1.06. The summed E-state index contributed by atoms with van der Waals surface area (Å²) in [4.78, 5) is 4.04. The van der Waals surface area contributed by atoms with E-state index in [0.29, 0.717) is 17.9 Å². The smallest absolute Gasteiger partial charge is 0.151 e. The van der Waals surface area contributed by atoms with Gasteiger partial charge in [-0.1, -0.05) is 6.07 Å². The monoisotopic (exact) mass is 194 g/mol. The third-order valence-electron chi connectivity index (χ3n) is 2.27. The molecule has 2 aromatic rings. The second-order valence-corrected chi connectivity index (χ2v) is 3.04. The van der Waals surface area contributed by atoms with Crippen LogP contribution in [0.25, 0.3) is 11.0 Å². The van der Waals surface area contributed by atoms with Crippen molar-refractivity contribution in [2.45, 2.75) is 20.1 Å². The largest absolute Gasteiger partial charge is 0.388 e. The highest BCUT2D eigenvalue weighted by molar-refractivity contribution is 5.76. The second kappa shape index (κ2) is 3.38. The summed E-state index contributed by atoms with van der Waals surface area (Å²) in [7, 11) is 0. The molecule has 0 radical (unpaired) electrons. The Morgan fingerprint density at radius 2 is 2.29 bits per heavy atom. The van der Waals surface area contributed by atoms with Crippen LogP contribution < -0.4 is 0 Å². The predicted octanol–water partition coefficient (Wildman–Crippen LogP) is 1.69. The molecule has 0 spiro atoms. The van der Waals surface area contributed by atoms with Crippen LogP contribution in [0.15, 0.2) is 18.2 Å². The maximum absolute atomic E-state index is 13.3. The number of aryl methyl sites for hydroxylation is 1. The maximum atomic E-state index is 13.3. The van der Waals surface area contributed by atoms with E-state index in [1.807, 2.05) is 6.92 Å². The quantitative estimate of drug-likeness (QED) is 0.790. The normalized spacial score (nSPS) is 11.1. The summed E-state index contributed by atoms with van der Waals surface area (Å²) in [5.74, 6) is 0.164. The van der Waals surface area contributed by atoms with Crippen molar-refractivity contribution in [1.82, 2.24) is 9.55 Å². The zero-order valence-electron chi connectivity index (χ0n) is 7.87. The molecule has 1 heterocycles. The van der Waals surface area contributed by atoms with Crippen molar-refractivity contribution in [2.75, 3.05) is 0 Å². The minimum Gasteiger partial charge on any atom is -0.388 e. The Balaban J connectivity index is 2.79. The van der Waals surface area contributed by atoms with Crippen molar-refractivity contribution >= 4 is 11.0 Å². The van der Waals surface area contributed by atoms with Crippen molar-refractivity contribution in [3.63, 3.8) is 0 Å². The van der Waals surface area contributed by atoms with Gasteiger partial charge in [-0.25, -0.2) is 9.37 Å². The lowest BCUT2D eigenvalue weighted by atomic mass is 10.3. The summed E-state index contributed by atoms with van der Waals surface area (Å²) >= 11 is 0. The molecule has 0 fully saturated rings. The SMILES string of the molecule is CCn1c(CO)nc2c(F)cccc21. The van der Waals surface area contributed by atoms with E-state index in [9.17, 15) is 4.39 Å². The highest BCUT2D eigenvalue weighted by atomic mass is 19.1. The molecular formula is C10H11FN2O. The van der Waals surface area contributed by atoms with Crippen LogP contribution in [-0.2, 0) is 13.2 Å². The lowest BCUT2D eigenvalue weighted by Gasteiger charge is -2.02. The third-order valence-corrected chi connectivity index (χ3v) is 2.27. The average Bonchev–Trinajstić information content (AvgIpc) is 2.57.